The topological polar surface area (TPSA) is 43.1 Å². The first-order valence-electron chi connectivity index (χ1n) is 6.00. The second kappa shape index (κ2) is 6.46. The first kappa shape index (κ1) is 12.9. The molecule has 0 spiro atoms. The summed E-state index contributed by atoms with van der Waals surface area (Å²) in [6, 6.07) is 0. The van der Waals surface area contributed by atoms with Gasteiger partial charge in [-0.25, -0.2) is 4.98 Å². The van der Waals surface area contributed by atoms with E-state index >= 15 is 0 Å². The molecule has 1 rings (SSSR count). The Morgan fingerprint density at radius 1 is 1.44 bits per heavy atom. The molecule has 1 aromatic heterocycles. The fourth-order valence-electron chi connectivity index (χ4n) is 1.63. The van der Waals surface area contributed by atoms with Gasteiger partial charge in [-0.3, -0.25) is 0 Å². The first-order chi connectivity index (χ1) is 7.58. The number of aryl methyl sites for hydroxylation is 1. The number of Topliss-reactive ketones (excluding diaryl/α,β-unsaturated/α-hetero) is 1. The van der Waals surface area contributed by atoms with Crippen LogP contribution in [0.2, 0.25) is 0 Å². The Hall–Kier alpha value is -1.12. The number of hydrogen-bond acceptors (Lipinski definition) is 3. The Kier molecular flexibility index (Phi) is 5.23. The number of oxazole rings is 1. The lowest BCUT2D eigenvalue weighted by Crippen LogP contribution is -1.95. The first-order valence-corrected chi connectivity index (χ1v) is 6.00. The zero-order valence-corrected chi connectivity index (χ0v) is 10.5. The van der Waals surface area contributed by atoms with Crippen molar-refractivity contribution < 1.29 is 9.21 Å². The van der Waals surface area contributed by atoms with E-state index in [2.05, 4.69) is 18.8 Å². The summed E-state index contributed by atoms with van der Waals surface area (Å²) in [5.74, 6) is 1.67. The summed E-state index contributed by atoms with van der Waals surface area (Å²) in [6.07, 6.45) is 6.13. The van der Waals surface area contributed by atoms with Crippen molar-refractivity contribution in [2.75, 3.05) is 0 Å². The second-order valence-electron chi connectivity index (χ2n) is 4.74. The monoisotopic (exact) mass is 223 g/mol. The van der Waals surface area contributed by atoms with Crippen LogP contribution in [-0.2, 0) is 17.6 Å². The number of aromatic nitrogens is 1. The quantitative estimate of drug-likeness (QED) is 0.667. The van der Waals surface area contributed by atoms with Crippen molar-refractivity contribution in [3.05, 3.63) is 17.8 Å². The van der Waals surface area contributed by atoms with E-state index in [9.17, 15) is 4.79 Å². The largest absolute Gasteiger partial charge is 0.449 e. The Morgan fingerprint density at radius 2 is 2.19 bits per heavy atom. The van der Waals surface area contributed by atoms with Gasteiger partial charge in [-0.1, -0.05) is 13.8 Å². The molecule has 16 heavy (non-hydrogen) atoms. The van der Waals surface area contributed by atoms with E-state index < -0.39 is 0 Å². The van der Waals surface area contributed by atoms with Gasteiger partial charge in [0.2, 0.25) is 0 Å². The summed E-state index contributed by atoms with van der Waals surface area (Å²) in [5, 5.41) is 0. The number of rotatable bonds is 7. The molecule has 0 amide bonds. The molecule has 0 fully saturated rings. The number of hydrogen-bond donors (Lipinski definition) is 0. The van der Waals surface area contributed by atoms with Crippen molar-refractivity contribution in [3.8, 4) is 0 Å². The van der Waals surface area contributed by atoms with Gasteiger partial charge >= 0.3 is 0 Å². The lowest BCUT2D eigenvalue weighted by molar-refractivity contribution is -0.117. The molecule has 90 valence electrons. The number of carbonyl (C=O) groups is 1. The Morgan fingerprint density at radius 3 is 2.81 bits per heavy atom. The van der Waals surface area contributed by atoms with Crippen LogP contribution in [0.15, 0.2) is 10.7 Å². The summed E-state index contributed by atoms with van der Waals surface area (Å²) in [7, 11) is 0. The minimum atomic E-state index is 0.257. The molecule has 1 heterocycles. The van der Waals surface area contributed by atoms with E-state index in [0.717, 1.165) is 37.3 Å². The summed E-state index contributed by atoms with van der Waals surface area (Å²) in [4.78, 5) is 15.2. The number of carbonyl (C=O) groups excluding carboxylic acids is 1. The summed E-state index contributed by atoms with van der Waals surface area (Å²) >= 11 is 0. The number of ketones is 1. The molecule has 0 saturated heterocycles. The minimum Gasteiger partial charge on any atom is -0.449 e. The van der Waals surface area contributed by atoms with Gasteiger partial charge in [-0.2, -0.15) is 0 Å². The lowest BCUT2D eigenvalue weighted by Gasteiger charge is -1.98. The molecule has 0 aliphatic carbocycles. The van der Waals surface area contributed by atoms with Crippen molar-refractivity contribution >= 4 is 5.78 Å². The van der Waals surface area contributed by atoms with Crippen LogP contribution in [-0.4, -0.2) is 10.8 Å². The molecule has 0 aromatic carbocycles. The van der Waals surface area contributed by atoms with Crippen LogP contribution in [0.5, 0.6) is 0 Å². The van der Waals surface area contributed by atoms with E-state index in [1.807, 2.05) is 0 Å². The molecule has 0 aliphatic heterocycles. The third-order valence-electron chi connectivity index (χ3n) is 2.39. The molecule has 0 aliphatic rings. The van der Waals surface area contributed by atoms with Gasteiger partial charge in [0.15, 0.2) is 5.89 Å². The Bertz CT molecular complexity index is 328. The maximum absolute atomic E-state index is 10.7. The normalized spacial score (nSPS) is 11.0. The van der Waals surface area contributed by atoms with E-state index in [-0.39, 0.29) is 5.78 Å². The minimum absolute atomic E-state index is 0.257. The summed E-state index contributed by atoms with van der Waals surface area (Å²) in [6.45, 7) is 5.97. The van der Waals surface area contributed by atoms with E-state index in [0.29, 0.717) is 12.3 Å². The standard InChI is InChI=1S/C13H21NO2/c1-10(2)8-12-9-16-13(14-12)7-5-4-6-11(3)15/h9-10H,4-8H2,1-3H3. The highest BCUT2D eigenvalue weighted by Gasteiger charge is 2.05. The SMILES string of the molecule is CC(=O)CCCCc1nc(CC(C)C)co1. The van der Waals surface area contributed by atoms with Gasteiger partial charge in [0.05, 0.1) is 5.69 Å². The Labute approximate surface area is 97.3 Å². The van der Waals surface area contributed by atoms with Crippen molar-refractivity contribution in [1.29, 1.82) is 0 Å². The van der Waals surface area contributed by atoms with Crippen molar-refractivity contribution in [2.45, 2.75) is 52.9 Å². The maximum atomic E-state index is 10.7. The van der Waals surface area contributed by atoms with Crippen LogP contribution >= 0.6 is 0 Å². The molecule has 0 unspecified atom stereocenters. The van der Waals surface area contributed by atoms with Gasteiger partial charge < -0.3 is 9.21 Å². The molecule has 3 heteroatoms. The zero-order valence-electron chi connectivity index (χ0n) is 10.5. The van der Waals surface area contributed by atoms with Gasteiger partial charge in [-0.15, -0.1) is 0 Å². The highest BCUT2D eigenvalue weighted by Crippen LogP contribution is 2.10. The second-order valence-corrected chi connectivity index (χ2v) is 4.74. The predicted octanol–water partition coefficient (Wildman–Crippen LogP) is 3.17. The maximum Gasteiger partial charge on any atom is 0.194 e. The predicted molar refractivity (Wildman–Crippen MR) is 63.3 cm³/mol. The molecule has 0 N–H and O–H groups in total. The third-order valence-corrected chi connectivity index (χ3v) is 2.39. The van der Waals surface area contributed by atoms with E-state index in [1.165, 1.54) is 0 Å². The van der Waals surface area contributed by atoms with Gasteiger partial charge in [0.1, 0.15) is 12.0 Å². The summed E-state index contributed by atoms with van der Waals surface area (Å²) < 4.78 is 5.38. The average molecular weight is 223 g/mol. The lowest BCUT2D eigenvalue weighted by atomic mass is 10.1. The number of nitrogens with zero attached hydrogens (tertiary/aromatic N) is 1. The zero-order chi connectivity index (χ0) is 12.0. The molecule has 0 atom stereocenters. The number of unbranched alkanes of at least 4 members (excludes halogenated alkanes) is 1. The van der Waals surface area contributed by atoms with Gasteiger partial charge in [0, 0.05) is 12.8 Å². The van der Waals surface area contributed by atoms with Crippen LogP contribution in [0, 0.1) is 5.92 Å². The fraction of sp³-hybridized carbons (Fsp3) is 0.692. The third kappa shape index (κ3) is 5.10. The molecule has 1 aromatic rings. The van der Waals surface area contributed by atoms with Crippen LogP contribution in [0.4, 0.5) is 0 Å². The smallest absolute Gasteiger partial charge is 0.194 e. The molecule has 0 bridgehead atoms. The molecular formula is C13H21NO2. The van der Waals surface area contributed by atoms with E-state index in [1.54, 1.807) is 13.2 Å². The van der Waals surface area contributed by atoms with Crippen LogP contribution in [0.1, 0.15) is 51.6 Å². The Balaban J connectivity index is 2.26. The van der Waals surface area contributed by atoms with E-state index in [4.69, 9.17) is 4.42 Å². The van der Waals surface area contributed by atoms with Crippen molar-refractivity contribution in [2.24, 2.45) is 5.92 Å². The van der Waals surface area contributed by atoms with Crippen LogP contribution in [0.25, 0.3) is 0 Å². The molecule has 0 radical (unpaired) electrons. The van der Waals surface area contributed by atoms with Gasteiger partial charge in [0.25, 0.3) is 0 Å². The average Bonchev–Trinajstić information content (AvgIpc) is 2.59. The molecule has 3 nitrogen and oxygen atoms in total. The van der Waals surface area contributed by atoms with Crippen molar-refractivity contribution in [3.63, 3.8) is 0 Å². The highest BCUT2D eigenvalue weighted by atomic mass is 16.3. The van der Waals surface area contributed by atoms with Gasteiger partial charge in [-0.05, 0) is 32.1 Å². The molecular weight excluding hydrogens is 202 g/mol. The fourth-order valence-corrected chi connectivity index (χ4v) is 1.63. The molecule has 0 saturated carbocycles. The van der Waals surface area contributed by atoms with Crippen LogP contribution in [0.3, 0.4) is 0 Å². The van der Waals surface area contributed by atoms with Crippen LogP contribution < -0.4 is 0 Å². The van der Waals surface area contributed by atoms with Crippen molar-refractivity contribution in [1.82, 2.24) is 4.98 Å². The summed E-state index contributed by atoms with van der Waals surface area (Å²) in [5.41, 5.74) is 1.04. The highest BCUT2D eigenvalue weighted by molar-refractivity contribution is 5.75.